The largest absolute Gasteiger partial charge is 0.348 e. The second kappa shape index (κ2) is 11.2. The Hall–Kier alpha value is -2.51. The summed E-state index contributed by atoms with van der Waals surface area (Å²) in [5.74, 6) is 0.0844. The highest BCUT2D eigenvalue weighted by atomic mass is 32.1. The van der Waals surface area contributed by atoms with Crippen molar-refractivity contribution < 1.29 is 9.59 Å². The molecule has 7 heteroatoms. The Balaban J connectivity index is 1.61. The molecule has 0 spiro atoms. The number of hydrogen-bond acceptors (Lipinski definition) is 5. The minimum atomic E-state index is -0.116. The summed E-state index contributed by atoms with van der Waals surface area (Å²) in [7, 11) is 0. The van der Waals surface area contributed by atoms with Gasteiger partial charge in [0.25, 0.3) is 0 Å². The summed E-state index contributed by atoms with van der Waals surface area (Å²) in [6.45, 7) is 10.7. The molecule has 0 aliphatic carbocycles. The minimum Gasteiger partial charge on any atom is -0.348 e. The van der Waals surface area contributed by atoms with E-state index in [9.17, 15) is 9.59 Å². The van der Waals surface area contributed by atoms with Gasteiger partial charge >= 0.3 is 0 Å². The standard InChI is InChI=1S/C24H32N4O2S/c1-4-27(5-2)12-11-24(30)28-13-10-21-19(17-28)15-25-18(3)22(21)16-26-23(29)9-8-20-7-6-14-31-20/h6-9,14-15H,4-5,10-13,16-17H2,1-3H3,(H,26,29)/b9-8+. The SMILES string of the molecule is CCN(CC)CCC(=O)N1CCc2c(cnc(C)c2CNC(=O)/C=C/c2cccs2)C1. The Kier molecular flexibility index (Phi) is 8.37. The summed E-state index contributed by atoms with van der Waals surface area (Å²) in [5.41, 5.74) is 4.32. The molecule has 2 aromatic rings. The predicted octanol–water partition coefficient (Wildman–Crippen LogP) is 3.40. The first-order chi connectivity index (χ1) is 15.0. The van der Waals surface area contributed by atoms with Crippen molar-refractivity contribution in [2.24, 2.45) is 0 Å². The molecule has 0 atom stereocenters. The first-order valence-corrected chi connectivity index (χ1v) is 11.9. The number of fused-ring (bicyclic) bond motifs is 1. The average molecular weight is 441 g/mol. The number of nitrogens with one attached hydrogen (secondary N) is 1. The Labute approximate surface area is 189 Å². The van der Waals surface area contributed by atoms with Crippen LogP contribution in [0.25, 0.3) is 6.08 Å². The van der Waals surface area contributed by atoms with Gasteiger partial charge in [0.1, 0.15) is 0 Å². The van der Waals surface area contributed by atoms with Crippen molar-refractivity contribution in [3.63, 3.8) is 0 Å². The maximum atomic E-state index is 12.7. The maximum Gasteiger partial charge on any atom is 0.244 e. The summed E-state index contributed by atoms with van der Waals surface area (Å²) in [6, 6.07) is 3.94. The van der Waals surface area contributed by atoms with Crippen molar-refractivity contribution in [1.82, 2.24) is 20.1 Å². The van der Waals surface area contributed by atoms with Crippen LogP contribution in [0.4, 0.5) is 0 Å². The third-order valence-corrected chi connectivity index (χ3v) is 6.70. The van der Waals surface area contributed by atoms with Crippen molar-refractivity contribution in [2.45, 2.75) is 46.7 Å². The molecule has 0 aromatic carbocycles. The van der Waals surface area contributed by atoms with E-state index in [1.165, 1.54) is 5.56 Å². The van der Waals surface area contributed by atoms with Crippen LogP contribution in [0.2, 0.25) is 0 Å². The number of hydrogen-bond donors (Lipinski definition) is 1. The number of nitrogens with zero attached hydrogens (tertiary/aromatic N) is 3. The van der Waals surface area contributed by atoms with E-state index >= 15 is 0 Å². The number of thiophene rings is 1. The molecule has 1 aliphatic heterocycles. The lowest BCUT2D eigenvalue weighted by Gasteiger charge is -2.31. The lowest BCUT2D eigenvalue weighted by Crippen LogP contribution is -2.38. The second-order valence-corrected chi connectivity index (χ2v) is 8.71. The number of aromatic nitrogens is 1. The van der Waals surface area contributed by atoms with E-state index in [0.29, 0.717) is 26.1 Å². The van der Waals surface area contributed by atoms with E-state index < -0.39 is 0 Å². The van der Waals surface area contributed by atoms with Gasteiger partial charge in [-0.25, -0.2) is 0 Å². The third kappa shape index (κ3) is 6.24. The van der Waals surface area contributed by atoms with Gasteiger partial charge in [0.05, 0.1) is 0 Å². The number of aryl methyl sites for hydroxylation is 1. The van der Waals surface area contributed by atoms with Gasteiger partial charge in [-0.05, 0) is 60.6 Å². The maximum absolute atomic E-state index is 12.7. The van der Waals surface area contributed by atoms with Crippen LogP contribution in [0.1, 0.15) is 47.5 Å². The van der Waals surface area contributed by atoms with Crippen LogP contribution in [-0.2, 0) is 29.1 Å². The molecule has 0 bridgehead atoms. The molecule has 1 aliphatic rings. The van der Waals surface area contributed by atoms with Gasteiger partial charge in [-0.15, -0.1) is 11.3 Å². The first kappa shape index (κ1) is 23.2. The van der Waals surface area contributed by atoms with Crippen LogP contribution in [0.15, 0.2) is 29.8 Å². The average Bonchev–Trinajstić information content (AvgIpc) is 3.31. The topological polar surface area (TPSA) is 65.5 Å². The molecule has 0 radical (unpaired) electrons. The normalized spacial score (nSPS) is 13.6. The summed E-state index contributed by atoms with van der Waals surface area (Å²) in [4.78, 5) is 34.7. The zero-order chi connectivity index (χ0) is 22.2. The van der Waals surface area contributed by atoms with E-state index in [1.807, 2.05) is 41.6 Å². The first-order valence-electron chi connectivity index (χ1n) is 11.0. The lowest BCUT2D eigenvalue weighted by atomic mass is 9.94. The van der Waals surface area contributed by atoms with Crippen LogP contribution < -0.4 is 5.32 Å². The molecular formula is C24H32N4O2S. The molecule has 2 aromatic heterocycles. The predicted molar refractivity (Wildman–Crippen MR) is 126 cm³/mol. The minimum absolute atomic E-state index is 0.116. The molecule has 3 heterocycles. The van der Waals surface area contributed by atoms with Crippen molar-refractivity contribution in [1.29, 1.82) is 0 Å². The summed E-state index contributed by atoms with van der Waals surface area (Å²) in [5, 5.41) is 4.97. The van der Waals surface area contributed by atoms with E-state index in [4.69, 9.17) is 0 Å². The summed E-state index contributed by atoms with van der Waals surface area (Å²) < 4.78 is 0. The Bertz CT molecular complexity index is 920. The Morgan fingerprint density at radius 1 is 1.32 bits per heavy atom. The van der Waals surface area contributed by atoms with Gasteiger partial charge in [-0.1, -0.05) is 19.9 Å². The van der Waals surface area contributed by atoms with Gasteiger partial charge in [0.15, 0.2) is 0 Å². The van der Waals surface area contributed by atoms with E-state index in [0.717, 1.165) is 47.8 Å². The van der Waals surface area contributed by atoms with Crippen molar-refractivity contribution in [3.05, 3.63) is 57.0 Å². The van der Waals surface area contributed by atoms with Crippen LogP contribution in [-0.4, -0.2) is 52.8 Å². The van der Waals surface area contributed by atoms with Crippen LogP contribution in [0, 0.1) is 6.92 Å². The molecule has 1 N–H and O–H groups in total. The van der Waals surface area contributed by atoms with Crippen molar-refractivity contribution in [2.75, 3.05) is 26.2 Å². The lowest BCUT2D eigenvalue weighted by molar-refractivity contribution is -0.132. The summed E-state index contributed by atoms with van der Waals surface area (Å²) in [6.07, 6.45) is 6.63. The quantitative estimate of drug-likeness (QED) is 0.607. The highest BCUT2D eigenvalue weighted by Gasteiger charge is 2.24. The molecule has 2 amide bonds. The van der Waals surface area contributed by atoms with Gasteiger partial charge in [-0.3, -0.25) is 14.6 Å². The fourth-order valence-corrected chi connectivity index (χ4v) is 4.52. The number of pyridine rings is 1. The smallest absolute Gasteiger partial charge is 0.244 e. The van der Waals surface area contributed by atoms with Crippen LogP contribution in [0.5, 0.6) is 0 Å². The Morgan fingerprint density at radius 3 is 2.84 bits per heavy atom. The van der Waals surface area contributed by atoms with Crippen molar-refractivity contribution >= 4 is 29.2 Å². The van der Waals surface area contributed by atoms with Crippen LogP contribution in [0.3, 0.4) is 0 Å². The van der Waals surface area contributed by atoms with E-state index in [1.54, 1.807) is 17.4 Å². The number of amides is 2. The zero-order valence-electron chi connectivity index (χ0n) is 18.7. The van der Waals surface area contributed by atoms with Crippen LogP contribution >= 0.6 is 11.3 Å². The highest BCUT2D eigenvalue weighted by Crippen LogP contribution is 2.24. The number of rotatable bonds is 9. The summed E-state index contributed by atoms with van der Waals surface area (Å²) >= 11 is 1.60. The van der Waals surface area contributed by atoms with Gasteiger partial charge in [-0.2, -0.15) is 0 Å². The zero-order valence-corrected chi connectivity index (χ0v) is 19.5. The number of carbonyl (C=O) groups is 2. The molecule has 0 unspecified atom stereocenters. The monoisotopic (exact) mass is 440 g/mol. The molecular weight excluding hydrogens is 408 g/mol. The Morgan fingerprint density at radius 2 is 2.13 bits per heavy atom. The van der Waals surface area contributed by atoms with E-state index in [2.05, 4.69) is 29.0 Å². The molecule has 31 heavy (non-hydrogen) atoms. The van der Waals surface area contributed by atoms with Gasteiger partial charge in [0, 0.05) is 55.4 Å². The van der Waals surface area contributed by atoms with Crippen molar-refractivity contribution in [3.8, 4) is 0 Å². The fourth-order valence-electron chi connectivity index (χ4n) is 3.90. The molecule has 166 valence electrons. The molecule has 0 saturated heterocycles. The highest BCUT2D eigenvalue weighted by molar-refractivity contribution is 7.10. The molecule has 0 fully saturated rings. The van der Waals surface area contributed by atoms with Gasteiger partial charge < -0.3 is 15.1 Å². The molecule has 3 rings (SSSR count). The van der Waals surface area contributed by atoms with E-state index in [-0.39, 0.29) is 11.8 Å². The van der Waals surface area contributed by atoms with Gasteiger partial charge in [0.2, 0.25) is 11.8 Å². The third-order valence-electron chi connectivity index (χ3n) is 5.87. The second-order valence-electron chi connectivity index (χ2n) is 7.73. The number of carbonyl (C=O) groups excluding carboxylic acids is 2. The molecule has 0 saturated carbocycles. The molecule has 6 nitrogen and oxygen atoms in total. The fraction of sp³-hybridized carbons (Fsp3) is 0.458.